The van der Waals surface area contributed by atoms with E-state index < -0.39 is 5.54 Å². The molecule has 5 heteroatoms. The van der Waals surface area contributed by atoms with Gasteiger partial charge in [-0.3, -0.25) is 10.00 Å². The van der Waals surface area contributed by atoms with Crippen molar-refractivity contribution in [3.63, 3.8) is 0 Å². The van der Waals surface area contributed by atoms with Gasteiger partial charge in [0.1, 0.15) is 5.54 Å². The predicted octanol–water partition coefficient (Wildman–Crippen LogP) is 2.52. The Labute approximate surface area is 108 Å². The van der Waals surface area contributed by atoms with Crippen LogP contribution in [0.15, 0.2) is 6.20 Å². The minimum absolute atomic E-state index is 0.444. The first-order chi connectivity index (χ1) is 8.00. The topological polar surface area (TPSA) is 53.6 Å². The molecule has 0 spiro atoms. The van der Waals surface area contributed by atoms with E-state index in [1.54, 1.807) is 0 Å². The molecule has 4 nitrogen and oxygen atoms in total. The van der Waals surface area contributed by atoms with Gasteiger partial charge in [0.15, 0.2) is 0 Å². The standard InChI is InChI=1S/C12H19ClN4/c1-4-15-12(3,9-14)6-5-7-17-8-11(13)10(2)16-17/h8,15H,4-7H2,1-3H3. The highest BCUT2D eigenvalue weighted by Gasteiger charge is 2.21. The summed E-state index contributed by atoms with van der Waals surface area (Å²) in [5, 5.41) is 17.3. The van der Waals surface area contributed by atoms with Crippen LogP contribution in [0.2, 0.25) is 5.02 Å². The fourth-order valence-corrected chi connectivity index (χ4v) is 1.93. The summed E-state index contributed by atoms with van der Waals surface area (Å²) in [5.74, 6) is 0. The molecule has 0 aliphatic carbocycles. The Morgan fingerprint density at radius 3 is 2.82 bits per heavy atom. The fraction of sp³-hybridized carbons (Fsp3) is 0.667. The van der Waals surface area contributed by atoms with Gasteiger partial charge >= 0.3 is 0 Å². The molecule has 17 heavy (non-hydrogen) atoms. The van der Waals surface area contributed by atoms with Gasteiger partial charge in [-0.1, -0.05) is 18.5 Å². The van der Waals surface area contributed by atoms with Crippen molar-refractivity contribution in [2.75, 3.05) is 6.54 Å². The summed E-state index contributed by atoms with van der Waals surface area (Å²) in [5.41, 5.74) is 0.405. The van der Waals surface area contributed by atoms with Crippen LogP contribution in [-0.2, 0) is 6.54 Å². The van der Waals surface area contributed by atoms with Crippen LogP contribution in [0.3, 0.4) is 0 Å². The summed E-state index contributed by atoms with van der Waals surface area (Å²) in [4.78, 5) is 0. The lowest BCUT2D eigenvalue weighted by molar-refractivity contribution is 0.397. The molecule has 0 aliphatic rings. The average Bonchev–Trinajstić information content (AvgIpc) is 2.59. The average molecular weight is 255 g/mol. The van der Waals surface area contributed by atoms with E-state index in [2.05, 4.69) is 16.5 Å². The van der Waals surface area contributed by atoms with E-state index in [-0.39, 0.29) is 0 Å². The minimum atomic E-state index is -0.444. The number of nitrogens with zero attached hydrogens (tertiary/aromatic N) is 3. The third kappa shape index (κ3) is 4.03. The molecule has 1 aromatic heterocycles. The summed E-state index contributed by atoms with van der Waals surface area (Å²) in [7, 11) is 0. The number of aromatic nitrogens is 2. The van der Waals surface area contributed by atoms with Gasteiger partial charge in [0, 0.05) is 12.7 Å². The number of halogens is 1. The molecule has 0 aromatic carbocycles. The first kappa shape index (κ1) is 14.0. The largest absolute Gasteiger partial charge is 0.300 e. The van der Waals surface area contributed by atoms with Gasteiger partial charge in [0.25, 0.3) is 0 Å². The molecule has 0 saturated carbocycles. The van der Waals surface area contributed by atoms with E-state index >= 15 is 0 Å². The Morgan fingerprint density at radius 2 is 2.35 bits per heavy atom. The van der Waals surface area contributed by atoms with Crippen molar-refractivity contribution in [3.8, 4) is 6.07 Å². The van der Waals surface area contributed by atoms with Gasteiger partial charge < -0.3 is 0 Å². The lowest BCUT2D eigenvalue weighted by Gasteiger charge is -2.22. The van der Waals surface area contributed by atoms with Gasteiger partial charge in [-0.25, -0.2) is 0 Å². The van der Waals surface area contributed by atoms with E-state index in [0.717, 1.165) is 31.6 Å². The number of rotatable bonds is 6. The molecule has 0 fully saturated rings. The Kier molecular flexibility index (Phi) is 4.98. The molecule has 1 unspecified atom stereocenters. The lowest BCUT2D eigenvalue weighted by Crippen LogP contribution is -2.40. The van der Waals surface area contributed by atoms with Gasteiger partial charge in [0.05, 0.1) is 16.8 Å². The van der Waals surface area contributed by atoms with Crippen molar-refractivity contribution in [2.24, 2.45) is 0 Å². The van der Waals surface area contributed by atoms with Crippen LogP contribution in [-0.4, -0.2) is 21.9 Å². The number of nitriles is 1. The highest BCUT2D eigenvalue weighted by atomic mass is 35.5. The highest BCUT2D eigenvalue weighted by molar-refractivity contribution is 6.31. The van der Waals surface area contributed by atoms with E-state index in [1.807, 2.05) is 31.6 Å². The second-order valence-corrected chi connectivity index (χ2v) is 4.81. The van der Waals surface area contributed by atoms with Crippen LogP contribution in [0.25, 0.3) is 0 Å². The smallest absolute Gasteiger partial charge is 0.103 e. The van der Waals surface area contributed by atoms with Crippen LogP contribution in [0.4, 0.5) is 0 Å². The van der Waals surface area contributed by atoms with E-state index in [0.29, 0.717) is 5.02 Å². The molecular formula is C12H19ClN4. The van der Waals surface area contributed by atoms with Crippen molar-refractivity contribution < 1.29 is 0 Å². The molecule has 1 rings (SSSR count). The van der Waals surface area contributed by atoms with E-state index in [4.69, 9.17) is 16.9 Å². The van der Waals surface area contributed by atoms with Crippen molar-refractivity contribution in [2.45, 2.75) is 45.7 Å². The van der Waals surface area contributed by atoms with Crippen LogP contribution in [0.1, 0.15) is 32.4 Å². The third-order valence-corrected chi connectivity index (χ3v) is 3.14. The van der Waals surface area contributed by atoms with E-state index in [9.17, 15) is 0 Å². The molecule has 0 bridgehead atoms. The maximum absolute atomic E-state index is 9.11. The van der Waals surface area contributed by atoms with Gasteiger partial charge in [0.2, 0.25) is 0 Å². The number of hydrogen-bond acceptors (Lipinski definition) is 3. The summed E-state index contributed by atoms with van der Waals surface area (Å²) >= 11 is 5.93. The highest BCUT2D eigenvalue weighted by Crippen LogP contribution is 2.15. The van der Waals surface area contributed by atoms with Crippen LogP contribution < -0.4 is 5.32 Å². The zero-order valence-corrected chi connectivity index (χ0v) is 11.4. The molecule has 0 saturated heterocycles. The SMILES string of the molecule is CCNC(C)(C#N)CCCn1cc(Cl)c(C)n1. The monoisotopic (exact) mass is 254 g/mol. The molecular weight excluding hydrogens is 236 g/mol. The van der Waals surface area contributed by atoms with Crippen LogP contribution >= 0.6 is 11.6 Å². The molecule has 94 valence electrons. The van der Waals surface area contributed by atoms with E-state index in [1.165, 1.54) is 0 Å². The Balaban J connectivity index is 2.44. The molecule has 0 radical (unpaired) electrons. The molecule has 1 aromatic rings. The zero-order chi connectivity index (χ0) is 12.9. The third-order valence-electron chi connectivity index (χ3n) is 2.76. The minimum Gasteiger partial charge on any atom is -0.300 e. The normalized spacial score (nSPS) is 14.3. The maximum atomic E-state index is 9.11. The molecule has 0 amide bonds. The number of nitrogens with one attached hydrogen (secondary N) is 1. The van der Waals surface area contributed by atoms with Gasteiger partial charge in [-0.2, -0.15) is 10.4 Å². The summed E-state index contributed by atoms with van der Waals surface area (Å²) in [6.45, 7) is 7.41. The summed E-state index contributed by atoms with van der Waals surface area (Å²) in [6, 6.07) is 2.32. The maximum Gasteiger partial charge on any atom is 0.103 e. The second-order valence-electron chi connectivity index (χ2n) is 4.40. The Bertz CT molecular complexity index is 388. The summed E-state index contributed by atoms with van der Waals surface area (Å²) < 4.78 is 1.83. The zero-order valence-electron chi connectivity index (χ0n) is 10.6. The van der Waals surface area contributed by atoms with Crippen LogP contribution in [0, 0.1) is 18.3 Å². The van der Waals surface area contributed by atoms with Crippen molar-refractivity contribution >= 4 is 11.6 Å². The predicted molar refractivity (Wildman–Crippen MR) is 68.9 cm³/mol. The van der Waals surface area contributed by atoms with Gasteiger partial charge in [-0.15, -0.1) is 0 Å². The second kappa shape index (κ2) is 6.04. The summed E-state index contributed by atoms with van der Waals surface area (Å²) in [6.07, 6.45) is 3.52. The Hall–Kier alpha value is -1.05. The molecule has 1 heterocycles. The fourth-order valence-electron chi connectivity index (χ4n) is 1.78. The van der Waals surface area contributed by atoms with Gasteiger partial charge in [-0.05, 0) is 33.2 Å². The molecule has 1 atom stereocenters. The quantitative estimate of drug-likeness (QED) is 0.849. The first-order valence-electron chi connectivity index (χ1n) is 5.86. The van der Waals surface area contributed by atoms with Crippen LogP contribution in [0.5, 0.6) is 0 Å². The first-order valence-corrected chi connectivity index (χ1v) is 6.24. The van der Waals surface area contributed by atoms with Crippen molar-refractivity contribution in [1.29, 1.82) is 5.26 Å². The molecule has 1 N–H and O–H groups in total. The molecule has 0 aliphatic heterocycles. The lowest BCUT2D eigenvalue weighted by atomic mass is 9.98. The Morgan fingerprint density at radius 1 is 1.65 bits per heavy atom. The van der Waals surface area contributed by atoms with Crippen molar-refractivity contribution in [3.05, 3.63) is 16.9 Å². The number of aryl methyl sites for hydroxylation is 2. The number of hydrogen-bond donors (Lipinski definition) is 1. The van der Waals surface area contributed by atoms with Crippen molar-refractivity contribution in [1.82, 2.24) is 15.1 Å².